The number of quaternary nitrogens is 1. The molecule has 1 heterocycles. The third-order valence-electron chi connectivity index (χ3n) is 3.22. The molecule has 0 saturated carbocycles. The summed E-state index contributed by atoms with van der Waals surface area (Å²) in [6.45, 7) is 11.9. The molecule has 0 spiro atoms. The molecule has 0 bridgehead atoms. The Labute approximate surface area is 124 Å². The lowest BCUT2D eigenvalue weighted by atomic mass is 10.2. The van der Waals surface area contributed by atoms with E-state index >= 15 is 0 Å². The van der Waals surface area contributed by atoms with E-state index in [0.717, 1.165) is 30.7 Å². The van der Waals surface area contributed by atoms with E-state index in [1.165, 1.54) is 5.56 Å². The van der Waals surface area contributed by atoms with Crippen molar-refractivity contribution >= 4 is 0 Å². The van der Waals surface area contributed by atoms with Crippen LogP contribution in [0.25, 0.3) is 0 Å². The summed E-state index contributed by atoms with van der Waals surface area (Å²) in [5, 5.41) is 0. The molecule has 1 fully saturated rings. The fourth-order valence-corrected chi connectivity index (χ4v) is 1.99. The molecular weight excluding hydrogens is 258 g/mol. The zero-order valence-electron chi connectivity index (χ0n) is 12.3. The lowest BCUT2D eigenvalue weighted by molar-refractivity contribution is -0.921. The molecule has 0 radical (unpaired) electrons. The van der Waals surface area contributed by atoms with Crippen molar-refractivity contribution in [3.63, 3.8) is 0 Å². The van der Waals surface area contributed by atoms with Crippen molar-refractivity contribution in [1.29, 1.82) is 0 Å². The maximum atomic E-state index is 5.33. The fourth-order valence-electron chi connectivity index (χ4n) is 1.99. The number of hydrogen-bond acceptors (Lipinski definition) is 1. The van der Waals surface area contributed by atoms with Crippen LogP contribution in [0.15, 0.2) is 43.0 Å². The standard InChI is InChI=1S/C13H20NO.C3H6.ClH/c1-3-14(2,10-13-11-15-13)9-12-7-5-4-6-8-12;1-3-2;/h4-8,13H,3,9-11H2,1-2H3;3H,1H2,2H3;1H/q+1;;/p-1. The van der Waals surface area contributed by atoms with Gasteiger partial charge in [-0.2, -0.15) is 0 Å². The molecule has 19 heavy (non-hydrogen) atoms. The van der Waals surface area contributed by atoms with Crippen molar-refractivity contribution in [3.8, 4) is 0 Å². The van der Waals surface area contributed by atoms with Crippen molar-refractivity contribution in [2.45, 2.75) is 26.5 Å². The molecule has 2 nitrogen and oxygen atoms in total. The Bertz CT molecular complexity index is 351. The second-order valence-electron chi connectivity index (χ2n) is 5.13. The van der Waals surface area contributed by atoms with Crippen LogP contribution in [0.2, 0.25) is 0 Å². The van der Waals surface area contributed by atoms with E-state index in [1.54, 1.807) is 6.08 Å². The topological polar surface area (TPSA) is 12.5 Å². The van der Waals surface area contributed by atoms with E-state index < -0.39 is 0 Å². The summed E-state index contributed by atoms with van der Waals surface area (Å²) in [5.41, 5.74) is 1.42. The summed E-state index contributed by atoms with van der Waals surface area (Å²) in [6.07, 6.45) is 2.26. The SMILES string of the molecule is C=CC.CC[N+](C)(Cc1ccccc1)CC1CO1.[Cl-]. The quantitative estimate of drug-likeness (QED) is 0.429. The minimum Gasteiger partial charge on any atom is -1.00 e. The van der Waals surface area contributed by atoms with Gasteiger partial charge in [0.25, 0.3) is 0 Å². The smallest absolute Gasteiger partial charge is 0.130 e. The number of nitrogens with zero attached hydrogens (tertiary/aromatic N) is 1. The molecule has 3 heteroatoms. The predicted octanol–water partition coefficient (Wildman–Crippen LogP) is 0.248. The fraction of sp³-hybridized carbons (Fsp3) is 0.500. The van der Waals surface area contributed by atoms with Gasteiger partial charge in [-0.15, -0.1) is 6.58 Å². The van der Waals surface area contributed by atoms with Crippen molar-refractivity contribution in [3.05, 3.63) is 48.6 Å². The number of epoxide rings is 1. The van der Waals surface area contributed by atoms with Crippen LogP contribution in [-0.4, -0.2) is 37.3 Å². The first kappa shape index (κ1) is 18.2. The van der Waals surface area contributed by atoms with Gasteiger partial charge in [0.05, 0.1) is 20.2 Å². The third-order valence-corrected chi connectivity index (χ3v) is 3.22. The maximum absolute atomic E-state index is 5.33. The number of benzene rings is 1. The Balaban J connectivity index is 0.000000742. The van der Waals surface area contributed by atoms with Gasteiger partial charge in [-0.1, -0.05) is 36.4 Å². The Kier molecular flexibility index (Phi) is 8.73. The average molecular weight is 284 g/mol. The monoisotopic (exact) mass is 283 g/mol. The minimum absolute atomic E-state index is 0. The van der Waals surface area contributed by atoms with Gasteiger partial charge in [0.2, 0.25) is 0 Å². The van der Waals surface area contributed by atoms with Crippen molar-refractivity contribution in [2.24, 2.45) is 0 Å². The molecule has 2 atom stereocenters. The van der Waals surface area contributed by atoms with Gasteiger partial charge in [0, 0.05) is 5.56 Å². The van der Waals surface area contributed by atoms with Crippen LogP contribution >= 0.6 is 0 Å². The Hall–Kier alpha value is -0.830. The molecule has 108 valence electrons. The number of rotatable bonds is 5. The predicted molar refractivity (Wildman–Crippen MR) is 77.3 cm³/mol. The number of ether oxygens (including phenoxy) is 1. The van der Waals surface area contributed by atoms with E-state index in [2.05, 4.69) is 50.9 Å². The number of allylic oxidation sites excluding steroid dienone is 1. The van der Waals surface area contributed by atoms with E-state index in [1.807, 2.05) is 6.92 Å². The van der Waals surface area contributed by atoms with Crippen LogP contribution in [0.1, 0.15) is 19.4 Å². The van der Waals surface area contributed by atoms with Gasteiger partial charge in [-0.3, -0.25) is 0 Å². The minimum atomic E-state index is 0. The highest BCUT2D eigenvalue weighted by Gasteiger charge is 2.33. The molecule has 2 unspecified atom stereocenters. The first-order valence-electron chi connectivity index (χ1n) is 6.69. The van der Waals surface area contributed by atoms with Crippen molar-refractivity contribution < 1.29 is 21.6 Å². The summed E-state index contributed by atoms with van der Waals surface area (Å²) in [7, 11) is 2.31. The lowest BCUT2D eigenvalue weighted by Gasteiger charge is -2.33. The normalized spacial score (nSPS) is 19.2. The first-order valence-corrected chi connectivity index (χ1v) is 6.69. The highest BCUT2D eigenvalue weighted by Crippen LogP contribution is 2.18. The largest absolute Gasteiger partial charge is 1.00 e. The molecule has 0 aliphatic carbocycles. The van der Waals surface area contributed by atoms with Gasteiger partial charge >= 0.3 is 0 Å². The molecule has 1 aromatic rings. The van der Waals surface area contributed by atoms with Gasteiger partial charge < -0.3 is 21.6 Å². The maximum Gasteiger partial charge on any atom is 0.130 e. The van der Waals surface area contributed by atoms with Crippen LogP contribution in [0.4, 0.5) is 0 Å². The number of halogens is 1. The summed E-state index contributed by atoms with van der Waals surface area (Å²) in [6, 6.07) is 10.7. The molecule has 1 aliphatic heterocycles. The van der Waals surface area contributed by atoms with Gasteiger partial charge in [-0.05, 0) is 13.8 Å². The van der Waals surface area contributed by atoms with E-state index in [0.29, 0.717) is 6.10 Å². The highest BCUT2D eigenvalue weighted by atomic mass is 35.5. The van der Waals surface area contributed by atoms with Crippen LogP contribution < -0.4 is 12.4 Å². The molecular formula is C16H26ClNO. The van der Waals surface area contributed by atoms with Gasteiger partial charge in [0.1, 0.15) is 19.2 Å². The van der Waals surface area contributed by atoms with Crippen LogP contribution in [0.3, 0.4) is 0 Å². The summed E-state index contributed by atoms with van der Waals surface area (Å²) >= 11 is 0. The molecule has 0 N–H and O–H groups in total. The van der Waals surface area contributed by atoms with Gasteiger partial charge in [-0.25, -0.2) is 0 Å². The Morgan fingerprint density at radius 2 is 1.89 bits per heavy atom. The zero-order valence-corrected chi connectivity index (χ0v) is 13.1. The van der Waals surface area contributed by atoms with Crippen LogP contribution in [0, 0.1) is 0 Å². The van der Waals surface area contributed by atoms with Crippen molar-refractivity contribution in [2.75, 3.05) is 26.7 Å². The molecule has 1 aromatic carbocycles. The Morgan fingerprint density at radius 3 is 2.32 bits per heavy atom. The van der Waals surface area contributed by atoms with Gasteiger partial charge in [0.15, 0.2) is 0 Å². The van der Waals surface area contributed by atoms with E-state index in [4.69, 9.17) is 4.74 Å². The Morgan fingerprint density at radius 1 is 1.37 bits per heavy atom. The second-order valence-corrected chi connectivity index (χ2v) is 5.13. The van der Waals surface area contributed by atoms with E-state index in [-0.39, 0.29) is 12.4 Å². The van der Waals surface area contributed by atoms with E-state index in [9.17, 15) is 0 Å². The number of hydrogen-bond donors (Lipinski definition) is 0. The summed E-state index contributed by atoms with van der Waals surface area (Å²) in [5.74, 6) is 0. The molecule has 0 aromatic heterocycles. The lowest BCUT2D eigenvalue weighted by Crippen LogP contribution is -3.00. The first-order chi connectivity index (χ1) is 8.63. The molecule has 1 aliphatic rings. The summed E-state index contributed by atoms with van der Waals surface area (Å²) in [4.78, 5) is 0. The molecule has 2 rings (SSSR count). The average Bonchev–Trinajstić information content (AvgIpc) is 3.15. The summed E-state index contributed by atoms with van der Waals surface area (Å²) < 4.78 is 6.41. The van der Waals surface area contributed by atoms with Crippen molar-refractivity contribution in [1.82, 2.24) is 0 Å². The zero-order chi connectivity index (χ0) is 13.4. The van der Waals surface area contributed by atoms with Crippen LogP contribution in [0.5, 0.6) is 0 Å². The van der Waals surface area contributed by atoms with Crippen LogP contribution in [-0.2, 0) is 11.3 Å². The molecule has 1 saturated heterocycles. The third kappa shape index (κ3) is 7.36. The highest BCUT2D eigenvalue weighted by molar-refractivity contribution is 5.13. The number of likely N-dealkylation sites (N-methyl/N-ethyl adjacent to an activating group) is 1. The molecule has 0 amide bonds. The second kappa shape index (κ2) is 9.13.